The number of hydrogen-bond donors (Lipinski definition) is 1. The third-order valence-corrected chi connectivity index (χ3v) is 5.20. The highest BCUT2D eigenvalue weighted by atomic mass is 19.1. The number of anilines is 1. The van der Waals surface area contributed by atoms with Crippen molar-refractivity contribution in [3.8, 4) is 5.75 Å². The van der Waals surface area contributed by atoms with E-state index in [9.17, 15) is 14.0 Å². The number of benzene rings is 2. The predicted octanol–water partition coefficient (Wildman–Crippen LogP) is 4.09. The molecule has 3 rings (SSSR count). The van der Waals surface area contributed by atoms with E-state index >= 15 is 0 Å². The largest absolute Gasteiger partial charge is 0.493 e. The second-order valence-corrected chi connectivity index (χ2v) is 6.99. The number of rotatable bonds is 7. The average molecular weight is 415 g/mol. The molecule has 0 unspecified atom stereocenters. The Bertz CT molecular complexity index is 908. The predicted molar refractivity (Wildman–Crippen MR) is 110 cm³/mol. The highest BCUT2D eigenvalue weighted by Gasteiger charge is 2.43. The molecule has 1 heterocycles. The number of nitrogens with one attached hydrogen (secondary N) is 1. The maximum Gasteiger partial charge on any atom is 0.341 e. The van der Waals surface area contributed by atoms with Crippen molar-refractivity contribution >= 4 is 17.6 Å². The van der Waals surface area contributed by atoms with Crippen LogP contribution in [0.2, 0.25) is 0 Å². The van der Waals surface area contributed by atoms with Crippen molar-refractivity contribution in [1.29, 1.82) is 0 Å². The second kappa shape index (κ2) is 9.71. The van der Waals surface area contributed by atoms with Crippen LogP contribution in [0.3, 0.4) is 0 Å². The van der Waals surface area contributed by atoms with Gasteiger partial charge in [0.15, 0.2) is 0 Å². The first kappa shape index (κ1) is 21.8. The molecule has 2 aromatic carbocycles. The van der Waals surface area contributed by atoms with Gasteiger partial charge in [0.05, 0.1) is 18.6 Å². The normalized spacial score (nSPS) is 15.3. The molecule has 1 fully saturated rings. The Morgan fingerprint density at radius 3 is 2.50 bits per heavy atom. The van der Waals surface area contributed by atoms with Crippen molar-refractivity contribution in [2.24, 2.45) is 0 Å². The summed E-state index contributed by atoms with van der Waals surface area (Å²) in [5.41, 5.74) is -0.0637. The third-order valence-electron chi connectivity index (χ3n) is 5.20. The maximum absolute atomic E-state index is 14.6. The van der Waals surface area contributed by atoms with Gasteiger partial charge in [-0.2, -0.15) is 0 Å². The summed E-state index contributed by atoms with van der Waals surface area (Å²) >= 11 is 0. The Morgan fingerprint density at radius 1 is 1.10 bits per heavy atom. The van der Waals surface area contributed by atoms with Crippen LogP contribution < -0.4 is 10.1 Å². The number of ether oxygens (including phenoxy) is 3. The van der Waals surface area contributed by atoms with Gasteiger partial charge in [0, 0.05) is 24.5 Å². The quantitative estimate of drug-likeness (QED) is 0.690. The molecule has 1 N–H and O–H groups in total. The van der Waals surface area contributed by atoms with Gasteiger partial charge in [-0.3, -0.25) is 4.79 Å². The van der Waals surface area contributed by atoms with E-state index in [1.807, 2.05) is 6.92 Å². The van der Waals surface area contributed by atoms with Gasteiger partial charge in [0.1, 0.15) is 17.1 Å². The van der Waals surface area contributed by atoms with Crippen molar-refractivity contribution in [2.75, 3.05) is 31.7 Å². The number of carbonyl (C=O) groups is 2. The summed E-state index contributed by atoms with van der Waals surface area (Å²) in [5, 5.41) is 2.86. The fraction of sp³-hybridized carbons (Fsp3) is 0.391. The molecule has 0 aliphatic carbocycles. The Morgan fingerprint density at radius 2 is 1.83 bits per heavy atom. The lowest BCUT2D eigenvalue weighted by atomic mass is 9.73. The Balaban J connectivity index is 1.93. The highest BCUT2D eigenvalue weighted by Crippen LogP contribution is 2.38. The minimum Gasteiger partial charge on any atom is -0.493 e. The molecule has 0 bridgehead atoms. The van der Waals surface area contributed by atoms with Gasteiger partial charge in [0.2, 0.25) is 5.91 Å². The molecule has 1 aliphatic heterocycles. The molecule has 0 atom stereocenters. The van der Waals surface area contributed by atoms with E-state index in [-0.39, 0.29) is 18.1 Å². The topological polar surface area (TPSA) is 73.9 Å². The summed E-state index contributed by atoms with van der Waals surface area (Å²) in [4.78, 5) is 25.7. The van der Waals surface area contributed by atoms with E-state index in [0.717, 1.165) is 0 Å². The molecule has 0 saturated carbocycles. The molecule has 1 aliphatic rings. The molecule has 0 aromatic heterocycles. The van der Waals surface area contributed by atoms with Gasteiger partial charge in [-0.1, -0.05) is 18.2 Å². The number of esters is 1. The molecule has 0 radical (unpaired) electrons. The number of carbonyl (C=O) groups excluding carboxylic acids is 2. The van der Waals surface area contributed by atoms with Crippen LogP contribution >= 0.6 is 0 Å². The van der Waals surface area contributed by atoms with Crippen LogP contribution in [0.15, 0.2) is 42.5 Å². The molecule has 1 saturated heterocycles. The van der Waals surface area contributed by atoms with Crippen LogP contribution in [-0.2, 0) is 19.7 Å². The fourth-order valence-corrected chi connectivity index (χ4v) is 3.70. The first-order chi connectivity index (χ1) is 14.5. The van der Waals surface area contributed by atoms with Gasteiger partial charge >= 0.3 is 5.97 Å². The van der Waals surface area contributed by atoms with E-state index in [1.54, 1.807) is 37.3 Å². The highest BCUT2D eigenvalue weighted by molar-refractivity contribution is 6.01. The van der Waals surface area contributed by atoms with Crippen LogP contribution in [0.25, 0.3) is 0 Å². The Hall–Kier alpha value is -2.93. The first-order valence-electron chi connectivity index (χ1n) is 10.1. The third kappa shape index (κ3) is 4.46. The van der Waals surface area contributed by atoms with Crippen molar-refractivity contribution < 1.29 is 28.2 Å². The molecule has 30 heavy (non-hydrogen) atoms. The zero-order chi connectivity index (χ0) is 21.6. The number of hydrogen-bond acceptors (Lipinski definition) is 5. The monoisotopic (exact) mass is 415 g/mol. The fourth-order valence-electron chi connectivity index (χ4n) is 3.70. The minimum absolute atomic E-state index is 0.220. The zero-order valence-corrected chi connectivity index (χ0v) is 17.2. The van der Waals surface area contributed by atoms with Crippen molar-refractivity contribution in [3.05, 3.63) is 59.4 Å². The first-order valence-corrected chi connectivity index (χ1v) is 10.1. The van der Waals surface area contributed by atoms with Crippen LogP contribution in [0.5, 0.6) is 5.75 Å². The zero-order valence-electron chi connectivity index (χ0n) is 17.2. The summed E-state index contributed by atoms with van der Waals surface area (Å²) < 4.78 is 30.6. The van der Waals surface area contributed by atoms with Crippen LogP contribution in [0, 0.1) is 5.82 Å². The SMILES string of the molecule is CCOC(=O)c1cc(NC(=O)C2(c3ccccc3F)CCOCC2)ccc1OCC. The van der Waals surface area contributed by atoms with E-state index in [4.69, 9.17) is 14.2 Å². The van der Waals surface area contributed by atoms with Crippen LogP contribution in [0.1, 0.15) is 42.6 Å². The van der Waals surface area contributed by atoms with Gasteiger partial charge < -0.3 is 19.5 Å². The summed E-state index contributed by atoms with van der Waals surface area (Å²) in [6, 6.07) is 11.1. The van der Waals surface area contributed by atoms with E-state index in [0.29, 0.717) is 49.7 Å². The summed E-state index contributed by atoms with van der Waals surface area (Å²) in [6.07, 6.45) is 0.725. The Labute approximate surface area is 175 Å². The van der Waals surface area contributed by atoms with E-state index in [2.05, 4.69) is 5.32 Å². The van der Waals surface area contributed by atoms with Crippen LogP contribution in [-0.4, -0.2) is 38.3 Å². The van der Waals surface area contributed by atoms with E-state index < -0.39 is 17.2 Å². The van der Waals surface area contributed by atoms with Gasteiger partial charge in [-0.05, 0) is 51.0 Å². The molecule has 7 heteroatoms. The molecule has 2 aromatic rings. The standard InChI is InChI=1S/C23H26FNO5/c1-3-29-20-10-9-16(15-17(20)21(26)30-4-2)25-22(27)23(11-13-28-14-12-23)18-7-5-6-8-19(18)24/h5-10,15H,3-4,11-14H2,1-2H3,(H,25,27). The molecule has 6 nitrogen and oxygen atoms in total. The lowest BCUT2D eigenvalue weighted by molar-refractivity contribution is -0.125. The van der Waals surface area contributed by atoms with Gasteiger partial charge in [-0.25, -0.2) is 9.18 Å². The molecular formula is C23H26FNO5. The smallest absolute Gasteiger partial charge is 0.341 e. The number of amides is 1. The average Bonchev–Trinajstić information content (AvgIpc) is 2.76. The van der Waals surface area contributed by atoms with Gasteiger partial charge in [0.25, 0.3) is 0 Å². The molecular weight excluding hydrogens is 389 g/mol. The summed E-state index contributed by atoms with van der Waals surface area (Å²) in [7, 11) is 0. The molecule has 0 spiro atoms. The lowest BCUT2D eigenvalue weighted by Gasteiger charge is -2.36. The number of halogens is 1. The maximum atomic E-state index is 14.6. The Kier molecular flexibility index (Phi) is 7.05. The second-order valence-electron chi connectivity index (χ2n) is 6.99. The summed E-state index contributed by atoms with van der Waals surface area (Å²) in [5.74, 6) is -0.918. The van der Waals surface area contributed by atoms with Crippen molar-refractivity contribution in [3.63, 3.8) is 0 Å². The van der Waals surface area contributed by atoms with Crippen molar-refractivity contribution in [2.45, 2.75) is 32.1 Å². The molecule has 1 amide bonds. The minimum atomic E-state index is -1.05. The van der Waals surface area contributed by atoms with Gasteiger partial charge in [-0.15, -0.1) is 0 Å². The van der Waals surface area contributed by atoms with E-state index in [1.165, 1.54) is 12.1 Å². The summed E-state index contributed by atoms with van der Waals surface area (Å²) in [6.45, 7) is 4.85. The van der Waals surface area contributed by atoms with Crippen LogP contribution in [0.4, 0.5) is 10.1 Å². The molecule has 160 valence electrons. The van der Waals surface area contributed by atoms with Crippen molar-refractivity contribution in [1.82, 2.24) is 0 Å². The lowest BCUT2D eigenvalue weighted by Crippen LogP contribution is -2.45.